The number of carbonyl (C=O) groups is 3. The number of nitrogens with zero attached hydrogens (tertiary/aromatic N) is 3. The number of anilines is 3. The average molecular weight is 549 g/mol. The molecule has 2 aromatic carbocycles. The second-order valence-electron chi connectivity index (χ2n) is 10.3. The van der Waals surface area contributed by atoms with Crippen molar-refractivity contribution < 1.29 is 14.4 Å². The van der Waals surface area contributed by atoms with Crippen molar-refractivity contribution in [2.45, 2.75) is 58.0 Å². The van der Waals surface area contributed by atoms with E-state index in [2.05, 4.69) is 9.69 Å². The number of amides is 3. The summed E-state index contributed by atoms with van der Waals surface area (Å²) >= 11 is 0.804. The maximum atomic E-state index is 14.3. The van der Waals surface area contributed by atoms with E-state index in [1.165, 1.54) is 4.90 Å². The summed E-state index contributed by atoms with van der Waals surface area (Å²) in [6.45, 7) is 3.94. The van der Waals surface area contributed by atoms with E-state index in [1.807, 2.05) is 75.3 Å². The minimum atomic E-state index is -0.990. The molecule has 1 atom stereocenters. The lowest BCUT2D eigenvalue weighted by Crippen LogP contribution is -2.47. The van der Waals surface area contributed by atoms with E-state index < -0.39 is 17.9 Å². The number of benzene rings is 2. The molecule has 1 aliphatic carbocycles. The number of nitrogen functional groups attached to an aromatic ring is 1. The fourth-order valence-corrected chi connectivity index (χ4v) is 5.64. The first kappa shape index (κ1) is 28.1. The van der Waals surface area contributed by atoms with E-state index in [0.717, 1.165) is 60.5 Å². The van der Waals surface area contributed by atoms with Crippen LogP contribution in [-0.2, 0) is 4.79 Å². The van der Waals surface area contributed by atoms with Crippen molar-refractivity contribution in [3.8, 4) is 0 Å². The number of nitrogens with two attached hydrogens (primary N) is 2. The summed E-state index contributed by atoms with van der Waals surface area (Å²) in [5, 5.41) is 3.21. The highest BCUT2D eigenvalue weighted by Gasteiger charge is 2.37. The zero-order chi connectivity index (χ0) is 28.3. The average Bonchev–Trinajstić information content (AvgIpc) is 3.30. The van der Waals surface area contributed by atoms with Crippen LogP contribution in [0.3, 0.4) is 0 Å². The second-order valence-corrected chi connectivity index (χ2v) is 11.1. The molecule has 1 fully saturated rings. The van der Waals surface area contributed by atoms with Crippen molar-refractivity contribution in [1.29, 1.82) is 0 Å². The molecule has 0 spiro atoms. The maximum Gasteiger partial charge on any atom is 0.273 e. The molecule has 1 heterocycles. The highest BCUT2D eigenvalue weighted by Crippen LogP contribution is 2.35. The number of nitrogens with one attached hydrogen (secondary N) is 1. The molecule has 1 aromatic heterocycles. The molecule has 0 unspecified atom stereocenters. The zero-order valence-corrected chi connectivity index (χ0v) is 23.7. The van der Waals surface area contributed by atoms with Crippen molar-refractivity contribution in [3.63, 3.8) is 0 Å². The summed E-state index contributed by atoms with van der Waals surface area (Å²) in [5.41, 5.74) is 15.6. The number of aromatic nitrogens is 1. The summed E-state index contributed by atoms with van der Waals surface area (Å²) in [4.78, 5) is 43.7. The predicted octanol–water partition coefficient (Wildman–Crippen LogP) is 4.34. The number of rotatable bonds is 8. The van der Waals surface area contributed by atoms with Gasteiger partial charge in [-0.05, 0) is 79.2 Å². The molecule has 0 saturated heterocycles. The van der Waals surface area contributed by atoms with E-state index in [0.29, 0.717) is 11.3 Å². The van der Waals surface area contributed by atoms with Crippen LogP contribution in [0.5, 0.6) is 0 Å². The van der Waals surface area contributed by atoms with Gasteiger partial charge in [0.2, 0.25) is 5.91 Å². The third kappa shape index (κ3) is 6.06. The molecule has 39 heavy (non-hydrogen) atoms. The Morgan fingerprint density at radius 3 is 2.18 bits per heavy atom. The van der Waals surface area contributed by atoms with E-state index in [-0.39, 0.29) is 28.2 Å². The van der Waals surface area contributed by atoms with Crippen LogP contribution in [0.15, 0.2) is 42.5 Å². The van der Waals surface area contributed by atoms with Gasteiger partial charge < -0.3 is 21.7 Å². The van der Waals surface area contributed by atoms with Crippen LogP contribution in [0.1, 0.15) is 75.0 Å². The van der Waals surface area contributed by atoms with Gasteiger partial charge in [0.05, 0.1) is 5.69 Å². The smallest absolute Gasteiger partial charge is 0.273 e. The van der Waals surface area contributed by atoms with Gasteiger partial charge >= 0.3 is 0 Å². The standard InChI is InChI=1S/C29H36N6O3S/c1-17-10-13-22(16-18(17)2)35(29(38)26-23(30)24(27(31)36)33-39-26)25(19-11-14-21(15-12-19)34(3)4)28(37)32-20-8-6-5-7-9-20/h10-16,20,25H,5-9,30H2,1-4H3,(H2,31,36)(H,32,37)/t25-/m1/s1. The minimum absolute atomic E-state index is 0.0430. The summed E-state index contributed by atoms with van der Waals surface area (Å²) in [6, 6.07) is 12.3. The first-order valence-corrected chi connectivity index (χ1v) is 13.9. The lowest BCUT2D eigenvalue weighted by Gasteiger charge is -2.33. The van der Waals surface area contributed by atoms with Crippen LogP contribution in [-0.4, -0.2) is 42.2 Å². The molecule has 206 valence electrons. The van der Waals surface area contributed by atoms with Gasteiger partial charge in [-0.2, -0.15) is 4.37 Å². The Balaban J connectivity index is 1.87. The first-order chi connectivity index (χ1) is 18.6. The van der Waals surface area contributed by atoms with Gasteiger partial charge in [0.1, 0.15) is 10.9 Å². The number of aryl methyl sites for hydroxylation is 2. The van der Waals surface area contributed by atoms with Crippen LogP contribution >= 0.6 is 11.5 Å². The van der Waals surface area contributed by atoms with Gasteiger partial charge in [-0.15, -0.1) is 0 Å². The molecular formula is C29H36N6O3S. The topological polar surface area (TPSA) is 135 Å². The summed E-state index contributed by atoms with van der Waals surface area (Å²) in [7, 11) is 3.88. The molecule has 4 rings (SSSR count). The maximum absolute atomic E-state index is 14.3. The molecule has 10 heteroatoms. The quantitative estimate of drug-likeness (QED) is 0.383. The largest absolute Gasteiger partial charge is 0.395 e. The highest BCUT2D eigenvalue weighted by molar-refractivity contribution is 7.09. The molecular weight excluding hydrogens is 512 g/mol. The predicted molar refractivity (Wildman–Crippen MR) is 156 cm³/mol. The molecule has 1 aliphatic rings. The SMILES string of the molecule is Cc1ccc(N(C(=O)c2snc(C(N)=O)c2N)[C@@H](C(=O)NC2CCCCC2)c2ccc(N(C)C)cc2)cc1C. The van der Waals surface area contributed by atoms with E-state index >= 15 is 0 Å². The van der Waals surface area contributed by atoms with Gasteiger partial charge in [-0.3, -0.25) is 19.3 Å². The number of primary amides is 1. The first-order valence-electron chi connectivity index (χ1n) is 13.1. The van der Waals surface area contributed by atoms with Crippen LogP contribution < -0.4 is 26.6 Å². The monoisotopic (exact) mass is 548 g/mol. The highest BCUT2D eigenvalue weighted by atomic mass is 32.1. The van der Waals surface area contributed by atoms with Gasteiger partial charge in [0, 0.05) is 31.5 Å². The number of hydrogen-bond donors (Lipinski definition) is 3. The van der Waals surface area contributed by atoms with Gasteiger partial charge in [-0.1, -0.05) is 37.5 Å². The summed E-state index contributed by atoms with van der Waals surface area (Å²) in [5.74, 6) is -1.61. The molecule has 1 saturated carbocycles. The van der Waals surface area contributed by atoms with Gasteiger partial charge in [0.15, 0.2) is 5.69 Å². The molecule has 0 aliphatic heterocycles. The van der Waals surface area contributed by atoms with E-state index in [1.54, 1.807) is 0 Å². The van der Waals surface area contributed by atoms with Gasteiger partial charge in [-0.25, -0.2) is 0 Å². The Kier molecular flexibility index (Phi) is 8.54. The summed E-state index contributed by atoms with van der Waals surface area (Å²) in [6.07, 6.45) is 5.07. The molecule has 5 N–H and O–H groups in total. The zero-order valence-electron chi connectivity index (χ0n) is 22.9. The fraction of sp³-hybridized carbons (Fsp3) is 0.379. The molecule has 3 aromatic rings. The minimum Gasteiger partial charge on any atom is -0.395 e. The molecule has 3 amide bonds. The van der Waals surface area contributed by atoms with Crippen molar-refractivity contribution in [1.82, 2.24) is 9.69 Å². The Hall–Kier alpha value is -3.92. The summed E-state index contributed by atoms with van der Waals surface area (Å²) < 4.78 is 4.03. The Morgan fingerprint density at radius 1 is 0.974 bits per heavy atom. The third-order valence-corrected chi connectivity index (χ3v) is 8.18. The fourth-order valence-electron chi connectivity index (χ4n) is 4.90. The lowest BCUT2D eigenvalue weighted by atomic mass is 9.94. The number of carbonyl (C=O) groups excluding carboxylic acids is 3. The van der Waals surface area contributed by atoms with Crippen LogP contribution in [0.2, 0.25) is 0 Å². The molecule has 9 nitrogen and oxygen atoms in total. The Labute approximate surface area is 233 Å². The normalized spacial score (nSPS) is 14.5. The lowest BCUT2D eigenvalue weighted by molar-refractivity contribution is -0.123. The van der Waals surface area contributed by atoms with Crippen molar-refractivity contribution in [2.75, 3.05) is 29.6 Å². The van der Waals surface area contributed by atoms with Gasteiger partial charge in [0.25, 0.3) is 11.8 Å². The van der Waals surface area contributed by atoms with Crippen LogP contribution in [0.25, 0.3) is 0 Å². The molecule has 0 radical (unpaired) electrons. The van der Waals surface area contributed by atoms with Crippen LogP contribution in [0.4, 0.5) is 17.1 Å². The Bertz CT molecular complexity index is 1360. The van der Waals surface area contributed by atoms with E-state index in [4.69, 9.17) is 11.5 Å². The van der Waals surface area contributed by atoms with Crippen molar-refractivity contribution in [2.24, 2.45) is 5.73 Å². The van der Waals surface area contributed by atoms with Crippen LogP contribution in [0, 0.1) is 13.8 Å². The van der Waals surface area contributed by atoms with Crippen molar-refractivity contribution >= 4 is 46.3 Å². The Morgan fingerprint density at radius 2 is 1.62 bits per heavy atom. The third-order valence-electron chi connectivity index (χ3n) is 7.33. The van der Waals surface area contributed by atoms with E-state index in [9.17, 15) is 14.4 Å². The number of hydrogen-bond acceptors (Lipinski definition) is 7. The second kappa shape index (κ2) is 11.9. The van der Waals surface area contributed by atoms with Crippen molar-refractivity contribution in [3.05, 3.63) is 69.7 Å². The molecule has 0 bridgehead atoms.